The van der Waals surface area contributed by atoms with E-state index in [1.807, 2.05) is 0 Å². The fourth-order valence-electron chi connectivity index (χ4n) is 1.47. The van der Waals surface area contributed by atoms with E-state index in [2.05, 4.69) is 4.98 Å². The third kappa shape index (κ3) is 2.65. The zero-order chi connectivity index (χ0) is 12.4. The van der Waals surface area contributed by atoms with Gasteiger partial charge in [-0.25, -0.2) is 13.2 Å². The minimum absolute atomic E-state index is 0.231. The SMILES string of the molecule is NC(Cc1cncs1)c1cc(F)c(F)c(F)c1. The second kappa shape index (κ2) is 4.85. The van der Waals surface area contributed by atoms with Gasteiger partial charge in [-0.1, -0.05) is 0 Å². The van der Waals surface area contributed by atoms with E-state index in [-0.39, 0.29) is 5.56 Å². The first kappa shape index (κ1) is 12.1. The third-order valence-corrected chi connectivity index (χ3v) is 3.14. The van der Waals surface area contributed by atoms with Gasteiger partial charge < -0.3 is 5.73 Å². The largest absolute Gasteiger partial charge is 0.324 e. The molecular weight excluding hydrogens is 249 g/mol. The minimum atomic E-state index is -1.47. The van der Waals surface area contributed by atoms with Crippen LogP contribution in [0.3, 0.4) is 0 Å². The van der Waals surface area contributed by atoms with Crippen molar-refractivity contribution in [2.75, 3.05) is 0 Å². The molecule has 6 heteroatoms. The first-order valence-corrected chi connectivity index (χ1v) is 5.73. The normalized spacial score (nSPS) is 12.7. The Hall–Kier alpha value is -1.40. The van der Waals surface area contributed by atoms with E-state index in [0.29, 0.717) is 6.42 Å². The Balaban J connectivity index is 2.22. The monoisotopic (exact) mass is 258 g/mol. The summed E-state index contributed by atoms with van der Waals surface area (Å²) in [5.41, 5.74) is 7.68. The number of aromatic nitrogens is 1. The lowest BCUT2D eigenvalue weighted by Crippen LogP contribution is -2.14. The molecule has 0 spiro atoms. The molecule has 0 aliphatic heterocycles. The predicted octanol–water partition coefficient (Wildman–Crippen LogP) is 2.80. The summed E-state index contributed by atoms with van der Waals surface area (Å²) >= 11 is 1.40. The van der Waals surface area contributed by atoms with E-state index in [0.717, 1.165) is 17.0 Å². The number of halogens is 3. The van der Waals surface area contributed by atoms with Crippen LogP contribution in [0.2, 0.25) is 0 Å². The summed E-state index contributed by atoms with van der Waals surface area (Å²) in [6.45, 7) is 0. The molecule has 1 heterocycles. The lowest BCUT2D eigenvalue weighted by Gasteiger charge is -2.11. The summed E-state index contributed by atoms with van der Waals surface area (Å²) < 4.78 is 38.8. The average Bonchev–Trinajstić information content (AvgIpc) is 2.77. The molecular formula is C11H9F3N2S. The van der Waals surface area contributed by atoms with Gasteiger partial charge in [0.2, 0.25) is 0 Å². The second-order valence-corrected chi connectivity index (χ2v) is 4.55. The zero-order valence-electron chi connectivity index (χ0n) is 8.66. The summed E-state index contributed by atoms with van der Waals surface area (Å²) in [7, 11) is 0. The van der Waals surface area contributed by atoms with Crippen LogP contribution in [-0.2, 0) is 6.42 Å². The Morgan fingerprint density at radius 1 is 1.24 bits per heavy atom. The van der Waals surface area contributed by atoms with Crippen LogP contribution >= 0.6 is 11.3 Å². The summed E-state index contributed by atoms with van der Waals surface area (Å²) in [5, 5.41) is 0. The van der Waals surface area contributed by atoms with Gasteiger partial charge in [0, 0.05) is 23.5 Å². The van der Waals surface area contributed by atoms with Gasteiger partial charge in [-0.2, -0.15) is 0 Å². The Bertz CT molecular complexity index is 490. The van der Waals surface area contributed by atoms with Gasteiger partial charge in [0.25, 0.3) is 0 Å². The molecule has 1 atom stereocenters. The molecule has 1 aromatic carbocycles. The van der Waals surface area contributed by atoms with Crippen LogP contribution in [0.5, 0.6) is 0 Å². The Labute approximate surface area is 99.9 Å². The number of rotatable bonds is 3. The van der Waals surface area contributed by atoms with Crippen molar-refractivity contribution in [2.24, 2.45) is 5.73 Å². The lowest BCUT2D eigenvalue weighted by atomic mass is 10.0. The van der Waals surface area contributed by atoms with E-state index in [1.54, 1.807) is 11.7 Å². The Morgan fingerprint density at radius 3 is 2.41 bits per heavy atom. The molecule has 0 fully saturated rings. The summed E-state index contributed by atoms with van der Waals surface area (Å²) in [4.78, 5) is 4.78. The maximum Gasteiger partial charge on any atom is 0.194 e. The quantitative estimate of drug-likeness (QED) is 0.860. The van der Waals surface area contributed by atoms with Crippen molar-refractivity contribution in [1.29, 1.82) is 0 Å². The number of hydrogen-bond donors (Lipinski definition) is 1. The first-order chi connectivity index (χ1) is 8.08. The number of benzene rings is 1. The van der Waals surface area contributed by atoms with Crippen molar-refractivity contribution < 1.29 is 13.2 Å². The van der Waals surface area contributed by atoms with Crippen LogP contribution in [0.15, 0.2) is 23.8 Å². The summed E-state index contributed by atoms with van der Waals surface area (Å²) in [6.07, 6.45) is 2.05. The topological polar surface area (TPSA) is 38.9 Å². The molecule has 0 saturated heterocycles. The molecule has 0 radical (unpaired) electrons. The minimum Gasteiger partial charge on any atom is -0.324 e. The maximum absolute atomic E-state index is 13.0. The van der Waals surface area contributed by atoms with Gasteiger partial charge in [0.1, 0.15) is 0 Å². The highest BCUT2D eigenvalue weighted by Gasteiger charge is 2.15. The average molecular weight is 258 g/mol. The van der Waals surface area contributed by atoms with Gasteiger partial charge in [-0.15, -0.1) is 11.3 Å². The second-order valence-electron chi connectivity index (χ2n) is 3.58. The fraction of sp³-hybridized carbons (Fsp3) is 0.182. The number of hydrogen-bond acceptors (Lipinski definition) is 3. The van der Waals surface area contributed by atoms with E-state index < -0.39 is 23.5 Å². The van der Waals surface area contributed by atoms with Gasteiger partial charge in [0.15, 0.2) is 17.5 Å². The zero-order valence-corrected chi connectivity index (χ0v) is 9.48. The van der Waals surface area contributed by atoms with Gasteiger partial charge in [-0.3, -0.25) is 4.98 Å². The molecule has 0 saturated carbocycles. The molecule has 0 bridgehead atoms. The molecule has 90 valence electrons. The fourth-order valence-corrected chi connectivity index (χ4v) is 2.12. The molecule has 1 aromatic heterocycles. The van der Waals surface area contributed by atoms with Gasteiger partial charge >= 0.3 is 0 Å². The lowest BCUT2D eigenvalue weighted by molar-refractivity contribution is 0.443. The van der Waals surface area contributed by atoms with Gasteiger partial charge in [-0.05, 0) is 17.7 Å². The standard InChI is InChI=1S/C11H9F3N2S/c12-8-1-6(2-9(13)11(8)14)10(15)3-7-4-16-5-17-7/h1-2,4-5,10H,3,15H2. The molecule has 2 nitrogen and oxygen atoms in total. The van der Waals surface area contributed by atoms with Crippen LogP contribution in [0.1, 0.15) is 16.5 Å². The van der Waals surface area contributed by atoms with Gasteiger partial charge in [0.05, 0.1) is 5.51 Å². The van der Waals surface area contributed by atoms with Crippen molar-refractivity contribution in [2.45, 2.75) is 12.5 Å². The smallest absolute Gasteiger partial charge is 0.194 e. The predicted molar refractivity (Wildman–Crippen MR) is 59.1 cm³/mol. The molecule has 0 aliphatic carbocycles. The molecule has 17 heavy (non-hydrogen) atoms. The Morgan fingerprint density at radius 2 is 1.88 bits per heavy atom. The first-order valence-electron chi connectivity index (χ1n) is 4.85. The van der Waals surface area contributed by atoms with Crippen molar-refractivity contribution in [3.8, 4) is 0 Å². The van der Waals surface area contributed by atoms with Crippen molar-refractivity contribution >= 4 is 11.3 Å². The highest BCUT2D eigenvalue weighted by molar-refractivity contribution is 7.09. The van der Waals surface area contributed by atoms with E-state index >= 15 is 0 Å². The van der Waals surface area contributed by atoms with E-state index in [9.17, 15) is 13.2 Å². The molecule has 0 aliphatic rings. The molecule has 2 N–H and O–H groups in total. The van der Waals surface area contributed by atoms with Crippen molar-refractivity contribution in [1.82, 2.24) is 4.98 Å². The highest BCUT2D eigenvalue weighted by atomic mass is 32.1. The molecule has 2 aromatic rings. The number of nitrogens with zero attached hydrogens (tertiary/aromatic N) is 1. The number of nitrogens with two attached hydrogens (primary N) is 1. The van der Waals surface area contributed by atoms with Crippen LogP contribution in [0.4, 0.5) is 13.2 Å². The highest BCUT2D eigenvalue weighted by Crippen LogP contribution is 2.21. The molecule has 0 amide bonds. The Kier molecular flexibility index (Phi) is 3.44. The van der Waals surface area contributed by atoms with E-state index in [4.69, 9.17) is 5.73 Å². The van der Waals surface area contributed by atoms with Crippen LogP contribution < -0.4 is 5.73 Å². The maximum atomic E-state index is 13.0. The third-order valence-electron chi connectivity index (χ3n) is 2.34. The van der Waals surface area contributed by atoms with Crippen LogP contribution in [0.25, 0.3) is 0 Å². The molecule has 2 rings (SSSR count). The van der Waals surface area contributed by atoms with Crippen molar-refractivity contribution in [3.05, 3.63) is 51.7 Å². The van der Waals surface area contributed by atoms with Crippen molar-refractivity contribution in [3.63, 3.8) is 0 Å². The summed E-state index contributed by atoms with van der Waals surface area (Å²) in [5.74, 6) is -3.92. The number of thiazole rings is 1. The van der Waals surface area contributed by atoms with E-state index in [1.165, 1.54) is 11.3 Å². The van der Waals surface area contributed by atoms with Crippen LogP contribution in [0, 0.1) is 17.5 Å². The summed E-state index contributed by atoms with van der Waals surface area (Å²) in [6, 6.07) is 1.26. The van der Waals surface area contributed by atoms with Crippen LogP contribution in [-0.4, -0.2) is 4.98 Å². The molecule has 1 unspecified atom stereocenters.